The van der Waals surface area contributed by atoms with Gasteiger partial charge in [-0.05, 0) is 32.0 Å². The number of alkyl halides is 3. The van der Waals surface area contributed by atoms with E-state index in [1.165, 1.54) is 13.8 Å². The highest BCUT2D eigenvalue weighted by molar-refractivity contribution is 6.35. The molecule has 0 unspecified atom stereocenters. The van der Waals surface area contributed by atoms with Gasteiger partial charge in [0.2, 0.25) is 0 Å². The van der Waals surface area contributed by atoms with Crippen LogP contribution in [-0.2, 0) is 11.0 Å². The van der Waals surface area contributed by atoms with Crippen LogP contribution in [0.3, 0.4) is 0 Å². The summed E-state index contributed by atoms with van der Waals surface area (Å²) in [6, 6.07) is 0.859. The van der Waals surface area contributed by atoms with Crippen molar-refractivity contribution < 1.29 is 27.2 Å². The second-order valence-electron chi connectivity index (χ2n) is 4.92. The number of imide groups is 1. The van der Waals surface area contributed by atoms with Crippen molar-refractivity contribution in [1.82, 2.24) is 4.42 Å². The molecular weight excluding hydrogens is 316 g/mol. The molecule has 0 radical (unpaired) electrons. The summed E-state index contributed by atoms with van der Waals surface area (Å²) in [5.74, 6) is -2.30. The average Bonchev–Trinajstić information content (AvgIpc) is 2.51. The average molecular weight is 325 g/mol. The van der Waals surface area contributed by atoms with Gasteiger partial charge >= 0.3 is 12.2 Å². The number of carbonyl (C=O) groups excluding carboxylic acids is 2. The maximum Gasteiger partial charge on any atom is 0.419 e. The van der Waals surface area contributed by atoms with Crippen LogP contribution in [0.2, 0.25) is 0 Å². The zero-order valence-corrected chi connectivity index (χ0v) is 11.6. The van der Waals surface area contributed by atoms with E-state index in [9.17, 15) is 27.2 Å². The molecule has 0 spiro atoms. The summed E-state index contributed by atoms with van der Waals surface area (Å²) >= 11 is 5.68. The predicted molar refractivity (Wildman–Crippen MR) is 66.1 cm³/mol. The molecule has 1 heterocycles. The van der Waals surface area contributed by atoms with Gasteiger partial charge in [0.25, 0.3) is 5.91 Å². The number of carbonyl (C=O) groups is 2. The molecule has 1 fully saturated rings. The van der Waals surface area contributed by atoms with Gasteiger partial charge < -0.3 is 0 Å². The van der Waals surface area contributed by atoms with Crippen LogP contribution in [0.15, 0.2) is 18.2 Å². The highest BCUT2D eigenvalue weighted by Crippen LogP contribution is 2.37. The third kappa shape index (κ3) is 2.33. The van der Waals surface area contributed by atoms with E-state index in [-0.39, 0.29) is 0 Å². The van der Waals surface area contributed by atoms with Crippen LogP contribution in [0.4, 0.5) is 28.0 Å². The predicted octanol–water partition coefficient (Wildman–Crippen LogP) is 3.55. The lowest BCUT2D eigenvalue weighted by molar-refractivity contribution is -0.140. The molecule has 1 aliphatic rings. The van der Waals surface area contributed by atoms with E-state index in [0.29, 0.717) is 21.5 Å². The lowest BCUT2D eigenvalue weighted by Gasteiger charge is -2.19. The number of urea groups is 1. The topological polar surface area (TPSA) is 40.6 Å². The Bertz CT molecular complexity index is 630. The fraction of sp³-hybridized carbons (Fsp3) is 0.333. The summed E-state index contributed by atoms with van der Waals surface area (Å²) in [4.78, 5) is 24.5. The molecular formula is C12H9ClF4N2O2. The van der Waals surface area contributed by atoms with Crippen molar-refractivity contribution in [3.05, 3.63) is 29.6 Å². The minimum atomic E-state index is -4.94. The van der Waals surface area contributed by atoms with Crippen LogP contribution in [0.1, 0.15) is 19.4 Å². The van der Waals surface area contributed by atoms with Crippen molar-refractivity contribution in [2.75, 3.05) is 4.90 Å². The summed E-state index contributed by atoms with van der Waals surface area (Å²) in [5.41, 5.74) is -3.37. The van der Waals surface area contributed by atoms with Crippen molar-refractivity contribution in [2.45, 2.75) is 25.6 Å². The van der Waals surface area contributed by atoms with Gasteiger partial charge in [-0.15, -0.1) is 0 Å². The van der Waals surface area contributed by atoms with E-state index in [1.807, 2.05) is 0 Å². The third-order valence-electron chi connectivity index (χ3n) is 3.09. The number of anilines is 1. The molecule has 9 heteroatoms. The summed E-state index contributed by atoms with van der Waals surface area (Å²) in [5, 5.41) is 0. The first kappa shape index (κ1) is 15.6. The van der Waals surface area contributed by atoms with Gasteiger partial charge in [-0.1, -0.05) is 0 Å². The van der Waals surface area contributed by atoms with Crippen LogP contribution in [0, 0.1) is 5.82 Å². The second kappa shape index (κ2) is 4.59. The SMILES string of the molecule is CC1(C)C(=O)N(c2ccc(F)c(C(F)(F)F)c2)C(=O)N1Cl. The first-order valence-corrected chi connectivity index (χ1v) is 6.03. The molecule has 21 heavy (non-hydrogen) atoms. The Morgan fingerprint density at radius 2 is 1.76 bits per heavy atom. The summed E-state index contributed by atoms with van der Waals surface area (Å²) in [6.45, 7) is 2.68. The van der Waals surface area contributed by atoms with Crippen LogP contribution in [0.25, 0.3) is 0 Å². The number of halogens is 5. The molecule has 0 aromatic heterocycles. The Hall–Kier alpha value is -1.83. The van der Waals surface area contributed by atoms with E-state index in [2.05, 4.69) is 0 Å². The minimum Gasteiger partial charge on any atom is -0.271 e. The minimum absolute atomic E-state index is 0.394. The maximum atomic E-state index is 13.2. The number of hydrogen-bond acceptors (Lipinski definition) is 2. The van der Waals surface area contributed by atoms with Gasteiger partial charge in [0, 0.05) is 11.8 Å². The van der Waals surface area contributed by atoms with E-state index in [1.54, 1.807) is 0 Å². The summed E-state index contributed by atoms with van der Waals surface area (Å²) < 4.78 is 51.8. The van der Waals surface area contributed by atoms with Crippen molar-refractivity contribution in [2.24, 2.45) is 0 Å². The highest BCUT2D eigenvalue weighted by atomic mass is 35.5. The number of benzene rings is 1. The normalized spacial score (nSPS) is 18.6. The molecule has 1 saturated heterocycles. The van der Waals surface area contributed by atoms with Crippen LogP contribution in [-0.4, -0.2) is 21.9 Å². The van der Waals surface area contributed by atoms with Crippen LogP contribution in [0.5, 0.6) is 0 Å². The van der Waals surface area contributed by atoms with E-state index in [0.717, 1.165) is 6.07 Å². The molecule has 1 aromatic rings. The monoisotopic (exact) mass is 324 g/mol. The summed E-state index contributed by atoms with van der Waals surface area (Å²) in [7, 11) is 0. The van der Waals surface area contributed by atoms with E-state index in [4.69, 9.17) is 11.8 Å². The molecule has 0 atom stereocenters. The zero-order chi connectivity index (χ0) is 16.2. The Balaban J connectivity index is 2.54. The van der Waals surface area contributed by atoms with Crippen molar-refractivity contribution in [3.8, 4) is 0 Å². The number of amides is 3. The quantitative estimate of drug-likeness (QED) is 0.450. The maximum absolute atomic E-state index is 13.2. The first-order chi connectivity index (χ1) is 9.48. The molecule has 0 aliphatic carbocycles. The largest absolute Gasteiger partial charge is 0.419 e. The van der Waals surface area contributed by atoms with Gasteiger partial charge in [-0.3, -0.25) is 4.79 Å². The Labute approximate surface area is 122 Å². The Morgan fingerprint density at radius 3 is 2.19 bits per heavy atom. The van der Waals surface area contributed by atoms with E-state index < -0.39 is 40.7 Å². The standard InChI is InChI=1S/C12H9ClF4N2O2/c1-11(2)9(20)18(10(21)19(11)13)6-3-4-8(14)7(5-6)12(15,16)17/h3-5H,1-2H3. The second-order valence-corrected chi connectivity index (χ2v) is 5.26. The molecule has 0 bridgehead atoms. The molecule has 4 nitrogen and oxygen atoms in total. The number of hydrogen-bond donors (Lipinski definition) is 0. The number of nitrogens with zero attached hydrogens (tertiary/aromatic N) is 2. The molecule has 0 N–H and O–H groups in total. The summed E-state index contributed by atoms with van der Waals surface area (Å²) in [6.07, 6.45) is -4.94. The lowest BCUT2D eigenvalue weighted by Crippen LogP contribution is -2.39. The van der Waals surface area contributed by atoms with Gasteiger partial charge in [-0.2, -0.15) is 13.2 Å². The molecule has 114 valence electrons. The van der Waals surface area contributed by atoms with Crippen molar-refractivity contribution >= 4 is 29.4 Å². The van der Waals surface area contributed by atoms with Gasteiger partial charge in [0.05, 0.1) is 11.3 Å². The van der Waals surface area contributed by atoms with Crippen molar-refractivity contribution in [3.63, 3.8) is 0 Å². The molecule has 1 aromatic carbocycles. The number of rotatable bonds is 1. The molecule has 0 saturated carbocycles. The van der Waals surface area contributed by atoms with Crippen molar-refractivity contribution in [1.29, 1.82) is 0 Å². The molecule has 2 rings (SSSR count). The Morgan fingerprint density at radius 1 is 1.19 bits per heavy atom. The van der Waals surface area contributed by atoms with Gasteiger partial charge in [0.1, 0.15) is 11.4 Å². The van der Waals surface area contributed by atoms with Crippen LogP contribution >= 0.6 is 11.8 Å². The third-order valence-corrected chi connectivity index (χ3v) is 3.66. The van der Waals surface area contributed by atoms with E-state index >= 15 is 0 Å². The highest BCUT2D eigenvalue weighted by Gasteiger charge is 2.52. The van der Waals surface area contributed by atoms with Gasteiger partial charge in [-0.25, -0.2) is 18.5 Å². The smallest absolute Gasteiger partial charge is 0.271 e. The molecule has 3 amide bonds. The van der Waals surface area contributed by atoms with Gasteiger partial charge in [0.15, 0.2) is 0 Å². The molecule has 1 aliphatic heterocycles. The van der Waals surface area contributed by atoms with Crippen LogP contribution < -0.4 is 4.90 Å². The zero-order valence-electron chi connectivity index (χ0n) is 10.8. The fourth-order valence-corrected chi connectivity index (χ4v) is 2.02. The first-order valence-electron chi connectivity index (χ1n) is 5.69. The lowest BCUT2D eigenvalue weighted by atomic mass is 10.1. The Kier molecular flexibility index (Phi) is 3.40. The fourth-order valence-electron chi connectivity index (χ4n) is 1.87.